The molecule has 0 heterocycles. The van der Waals surface area contributed by atoms with Crippen molar-refractivity contribution in [1.29, 1.82) is 0 Å². The molecule has 2 N–H and O–H groups in total. The highest BCUT2D eigenvalue weighted by Crippen LogP contribution is 2.22. The van der Waals surface area contributed by atoms with Crippen LogP contribution in [0.4, 0.5) is 0 Å². The molecular formula is C16H23N3O4. The molecule has 2 amide bonds. The van der Waals surface area contributed by atoms with Crippen molar-refractivity contribution in [2.24, 2.45) is 11.0 Å². The molecule has 7 nitrogen and oxygen atoms in total. The van der Waals surface area contributed by atoms with Crippen LogP contribution in [0.5, 0.6) is 11.5 Å². The SMILES string of the molecule is COc1ccc(/C=N\NC(=O)CC(=O)NCC(C)C)c(OC)c1. The van der Waals surface area contributed by atoms with Crippen LogP contribution in [0.15, 0.2) is 23.3 Å². The number of benzene rings is 1. The third kappa shape index (κ3) is 6.82. The van der Waals surface area contributed by atoms with E-state index in [2.05, 4.69) is 15.8 Å². The summed E-state index contributed by atoms with van der Waals surface area (Å²) >= 11 is 0. The Kier molecular flexibility index (Phi) is 7.59. The highest BCUT2D eigenvalue weighted by atomic mass is 16.5. The minimum atomic E-state index is -0.477. The largest absolute Gasteiger partial charge is 0.497 e. The van der Waals surface area contributed by atoms with Crippen molar-refractivity contribution in [3.8, 4) is 11.5 Å². The monoisotopic (exact) mass is 321 g/mol. The molecule has 0 aromatic heterocycles. The predicted octanol–water partition coefficient (Wildman–Crippen LogP) is 1.32. The Balaban J connectivity index is 2.52. The van der Waals surface area contributed by atoms with E-state index in [1.165, 1.54) is 13.3 Å². The fraction of sp³-hybridized carbons (Fsp3) is 0.438. The zero-order valence-corrected chi connectivity index (χ0v) is 13.9. The molecule has 0 aliphatic carbocycles. The Hall–Kier alpha value is -2.57. The molecule has 1 aromatic rings. The molecule has 0 saturated heterocycles. The van der Waals surface area contributed by atoms with E-state index in [1.54, 1.807) is 25.3 Å². The van der Waals surface area contributed by atoms with Crippen molar-refractivity contribution in [2.45, 2.75) is 20.3 Å². The second-order valence-corrected chi connectivity index (χ2v) is 5.28. The van der Waals surface area contributed by atoms with Gasteiger partial charge in [-0.05, 0) is 18.1 Å². The van der Waals surface area contributed by atoms with Crippen LogP contribution in [0.25, 0.3) is 0 Å². The number of hydrogen-bond donors (Lipinski definition) is 2. The first-order valence-corrected chi connectivity index (χ1v) is 7.27. The number of carbonyl (C=O) groups excluding carboxylic acids is 2. The second kappa shape index (κ2) is 9.45. The fourth-order valence-corrected chi connectivity index (χ4v) is 1.66. The number of nitrogens with one attached hydrogen (secondary N) is 2. The fourth-order valence-electron chi connectivity index (χ4n) is 1.66. The van der Waals surface area contributed by atoms with Gasteiger partial charge in [0.25, 0.3) is 0 Å². The van der Waals surface area contributed by atoms with Crippen molar-refractivity contribution < 1.29 is 19.1 Å². The van der Waals surface area contributed by atoms with Crippen molar-refractivity contribution in [1.82, 2.24) is 10.7 Å². The van der Waals surface area contributed by atoms with Crippen LogP contribution >= 0.6 is 0 Å². The molecule has 0 unspecified atom stereocenters. The maximum absolute atomic E-state index is 11.6. The standard InChI is InChI=1S/C16H23N3O4/c1-11(2)9-17-15(20)8-16(21)19-18-10-12-5-6-13(22-3)7-14(12)23-4/h5-7,10-11H,8-9H2,1-4H3,(H,17,20)(H,19,21)/b18-10-. The average molecular weight is 321 g/mol. The van der Waals surface area contributed by atoms with Crippen LogP contribution in [0, 0.1) is 5.92 Å². The molecule has 1 aromatic carbocycles. The summed E-state index contributed by atoms with van der Waals surface area (Å²) in [5.74, 6) is 0.757. The Labute approximate surface area is 136 Å². The smallest absolute Gasteiger partial charge is 0.249 e. The van der Waals surface area contributed by atoms with Crippen molar-refractivity contribution in [2.75, 3.05) is 20.8 Å². The van der Waals surface area contributed by atoms with Gasteiger partial charge in [0.05, 0.1) is 20.4 Å². The van der Waals surface area contributed by atoms with E-state index in [9.17, 15) is 9.59 Å². The Bertz CT molecular complexity index is 570. The Morgan fingerprint density at radius 1 is 1.22 bits per heavy atom. The average Bonchev–Trinajstić information content (AvgIpc) is 2.53. The van der Waals surface area contributed by atoms with Crippen molar-refractivity contribution in [3.63, 3.8) is 0 Å². The van der Waals surface area contributed by atoms with Gasteiger partial charge in [0.15, 0.2) is 0 Å². The van der Waals surface area contributed by atoms with Gasteiger partial charge in [-0.1, -0.05) is 13.8 Å². The zero-order chi connectivity index (χ0) is 17.2. The van der Waals surface area contributed by atoms with E-state index in [1.807, 2.05) is 13.8 Å². The van der Waals surface area contributed by atoms with Gasteiger partial charge in [0.2, 0.25) is 11.8 Å². The molecule has 0 spiro atoms. The first-order valence-electron chi connectivity index (χ1n) is 7.27. The summed E-state index contributed by atoms with van der Waals surface area (Å²) in [4.78, 5) is 23.1. The normalized spacial score (nSPS) is 10.7. The van der Waals surface area contributed by atoms with E-state index in [0.29, 0.717) is 29.5 Å². The third-order valence-electron chi connectivity index (χ3n) is 2.86. The molecule has 1 rings (SSSR count). The second-order valence-electron chi connectivity index (χ2n) is 5.28. The maximum atomic E-state index is 11.6. The van der Waals surface area contributed by atoms with Crippen LogP contribution in [0.3, 0.4) is 0 Å². The van der Waals surface area contributed by atoms with Crippen LogP contribution < -0.4 is 20.2 Å². The number of nitrogens with zero attached hydrogens (tertiary/aromatic N) is 1. The lowest BCUT2D eigenvalue weighted by Crippen LogP contribution is -2.32. The first kappa shape index (κ1) is 18.5. The zero-order valence-electron chi connectivity index (χ0n) is 13.9. The quantitative estimate of drug-likeness (QED) is 0.429. The molecular weight excluding hydrogens is 298 g/mol. The first-order chi connectivity index (χ1) is 11.0. The summed E-state index contributed by atoms with van der Waals surface area (Å²) in [7, 11) is 3.09. The third-order valence-corrected chi connectivity index (χ3v) is 2.86. The highest BCUT2D eigenvalue weighted by Gasteiger charge is 2.09. The number of hydrogen-bond acceptors (Lipinski definition) is 5. The number of methoxy groups -OCH3 is 2. The molecule has 126 valence electrons. The summed E-state index contributed by atoms with van der Waals surface area (Å²) in [5, 5.41) is 6.50. The molecule has 0 aliphatic heterocycles. The van der Waals surface area contributed by atoms with Crippen molar-refractivity contribution in [3.05, 3.63) is 23.8 Å². The molecule has 0 fully saturated rings. The van der Waals surface area contributed by atoms with Crippen LogP contribution in [-0.4, -0.2) is 38.8 Å². The molecule has 0 radical (unpaired) electrons. The molecule has 0 atom stereocenters. The van der Waals surface area contributed by atoms with E-state index in [-0.39, 0.29) is 12.3 Å². The van der Waals surface area contributed by atoms with Gasteiger partial charge in [0.1, 0.15) is 17.9 Å². The van der Waals surface area contributed by atoms with Gasteiger partial charge in [-0.3, -0.25) is 9.59 Å². The van der Waals surface area contributed by atoms with Gasteiger partial charge in [-0.15, -0.1) is 0 Å². The van der Waals surface area contributed by atoms with Gasteiger partial charge in [-0.25, -0.2) is 5.43 Å². The minimum absolute atomic E-state index is 0.260. The predicted molar refractivity (Wildman–Crippen MR) is 87.7 cm³/mol. The van der Waals surface area contributed by atoms with Crippen LogP contribution in [0.2, 0.25) is 0 Å². The molecule has 23 heavy (non-hydrogen) atoms. The molecule has 0 saturated carbocycles. The topological polar surface area (TPSA) is 89.0 Å². The summed E-state index contributed by atoms with van der Waals surface area (Å²) in [5.41, 5.74) is 2.99. The van der Waals surface area contributed by atoms with E-state index in [0.717, 1.165) is 0 Å². The number of hydrazone groups is 1. The number of ether oxygens (including phenoxy) is 2. The molecule has 7 heteroatoms. The van der Waals surface area contributed by atoms with Gasteiger partial charge >= 0.3 is 0 Å². The van der Waals surface area contributed by atoms with Crippen LogP contribution in [-0.2, 0) is 9.59 Å². The van der Waals surface area contributed by atoms with E-state index in [4.69, 9.17) is 9.47 Å². The van der Waals surface area contributed by atoms with Crippen LogP contribution in [0.1, 0.15) is 25.8 Å². The number of carbonyl (C=O) groups is 2. The van der Waals surface area contributed by atoms with E-state index >= 15 is 0 Å². The summed E-state index contributed by atoms with van der Waals surface area (Å²) in [6.45, 7) is 4.50. The number of amides is 2. The van der Waals surface area contributed by atoms with Gasteiger partial charge < -0.3 is 14.8 Å². The summed E-state index contributed by atoms with van der Waals surface area (Å²) in [6.07, 6.45) is 1.19. The van der Waals surface area contributed by atoms with Gasteiger partial charge in [-0.2, -0.15) is 5.10 Å². The lowest BCUT2D eigenvalue weighted by molar-refractivity contribution is -0.129. The van der Waals surface area contributed by atoms with E-state index < -0.39 is 5.91 Å². The lowest BCUT2D eigenvalue weighted by Gasteiger charge is -2.07. The lowest BCUT2D eigenvalue weighted by atomic mass is 10.2. The molecule has 0 aliphatic rings. The summed E-state index contributed by atoms with van der Waals surface area (Å²) in [6, 6.07) is 5.22. The Morgan fingerprint density at radius 2 is 1.96 bits per heavy atom. The highest BCUT2D eigenvalue weighted by molar-refractivity contribution is 5.97. The number of rotatable bonds is 8. The molecule has 0 bridgehead atoms. The van der Waals surface area contributed by atoms with Gasteiger partial charge in [0, 0.05) is 18.2 Å². The van der Waals surface area contributed by atoms with Crippen molar-refractivity contribution >= 4 is 18.0 Å². The maximum Gasteiger partial charge on any atom is 0.249 e. The minimum Gasteiger partial charge on any atom is -0.497 e. The summed E-state index contributed by atoms with van der Waals surface area (Å²) < 4.78 is 10.3. The Morgan fingerprint density at radius 3 is 2.57 bits per heavy atom.